The molecule has 1 aromatic heterocycles. The van der Waals surface area contributed by atoms with E-state index >= 15 is 0 Å². The number of nitrogens with one attached hydrogen (secondary N) is 1. The van der Waals surface area contributed by atoms with Crippen LogP contribution in [0.5, 0.6) is 0 Å². The number of methoxy groups -OCH3 is 1. The number of rotatable bonds is 10. The number of pyridine rings is 1. The van der Waals surface area contributed by atoms with Crippen molar-refractivity contribution in [1.29, 1.82) is 0 Å². The molecule has 0 saturated heterocycles. The van der Waals surface area contributed by atoms with Crippen LogP contribution in [0, 0.1) is 0 Å². The zero-order valence-electron chi connectivity index (χ0n) is 11.9. The number of hydrogen-bond donors (Lipinski definition) is 2. The Morgan fingerprint density at radius 3 is 2.81 bits per heavy atom. The fourth-order valence-electron chi connectivity index (χ4n) is 1.73. The molecule has 1 rings (SSSR count). The SMILES string of the molecule is COCCCC(NS(=O)(=O)CCc1ccccn1)C(=O)O. The predicted molar refractivity (Wildman–Crippen MR) is 77.4 cm³/mol. The topological polar surface area (TPSA) is 106 Å². The molecule has 21 heavy (non-hydrogen) atoms. The molecule has 0 amide bonds. The Labute approximate surface area is 124 Å². The first-order valence-electron chi connectivity index (χ1n) is 6.56. The van der Waals surface area contributed by atoms with Crippen molar-refractivity contribution in [3.63, 3.8) is 0 Å². The van der Waals surface area contributed by atoms with E-state index in [1.54, 1.807) is 24.4 Å². The van der Waals surface area contributed by atoms with Gasteiger partial charge in [0.2, 0.25) is 10.0 Å². The molecule has 0 spiro atoms. The first-order valence-corrected chi connectivity index (χ1v) is 8.21. The standard InChI is InChI=1S/C13H20N2O5S/c1-20-9-4-6-12(13(16)17)15-21(18,19)10-7-11-5-2-3-8-14-11/h2-3,5,8,12,15H,4,6-7,9-10H2,1H3,(H,16,17). The number of nitrogens with zero attached hydrogens (tertiary/aromatic N) is 1. The van der Waals surface area contributed by atoms with Crippen molar-refractivity contribution >= 4 is 16.0 Å². The number of aryl methyl sites for hydroxylation is 1. The van der Waals surface area contributed by atoms with E-state index in [9.17, 15) is 13.2 Å². The second kappa shape index (κ2) is 8.71. The second-order valence-electron chi connectivity index (χ2n) is 4.53. The number of carbonyl (C=O) groups is 1. The van der Waals surface area contributed by atoms with Crippen LogP contribution in [0.4, 0.5) is 0 Å². The van der Waals surface area contributed by atoms with Crippen LogP contribution in [0.1, 0.15) is 18.5 Å². The maximum Gasteiger partial charge on any atom is 0.321 e. The van der Waals surface area contributed by atoms with Gasteiger partial charge in [-0.2, -0.15) is 0 Å². The molecular weight excluding hydrogens is 296 g/mol. The summed E-state index contributed by atoms with van der Waals surface area (Å²) in [6.07, 6.45) is 2.48. The Bertz CT molecular complexity index is 533. The van der Waals surface area contributed by atoms with Gasteiger partial charge in [-0.05, 0) is 25.0 Å². The first-order chi connectivity index (χ1) is 9.94. The van der Waals surface area contributed by atoms with Gasteiger partial charge in [-0.25, -0.2) is 13.1 Å². The number of sulfonamides is 1. The molecule has 8 heteroatoms. The van der Waals surface area contributed by atoms with Crippen LogP contribution in [0.15, 0.2) is 24.4 Å². The normalized spacial score (nSPS) is 13.0. The minimum Gasteiger partial charge on any atom is -0.480 e. The summed E-state index contributed by atoms with van der Waals surface area (Å²) in [4.78, 5) is 15.1. The molecule has 0 fully saturated rings. The summed E-state index contributed by atoms with van der Waals surface area (Å²) in [5.74, 6) is -1.38. The Morgan fingerprint density at radius 2 is 2.24 bits per heavy atom. The van der Waals surface area contributed by atoms with Gasteiger partial charge in [0.25, 0.3) is 0 Å². The van der Waals surface area contributed by atoms with Crippen LogP contribution < -0.4 is 4.72 Å². The van der Waals surface area contributed by atoms with E-state index in [0.717, 1.165) is 0 Å². The zero-order chi connectivity index (χ0) is 15.7. The molecule has 2 N–H and O–H groups in total. The minimum absolute atomic E-state index is 0.186. The van der Waals surface area contributed by atoms with Crippen molar-refractivity contribution in [2.75, 3.05) is 19.5 Å². The monoisotopic (exact) mass is 316 g/mol. The van der Waals surface area contributed by atoms with Gasteiger partial charge < -0.3 is 9.84 Å². The van der Waals surface area contributed by atoms with Gasteiger partial charge in [-0.1, -0.05) is 6.07 Å². The molecule has 0 radical (unpaired) electrons. The van der Waals surface area contributed by atoms with Gasteiger partial charge in [0.05, 0.1) is 5.75 Å². The van der Waals surface area contributed by atoms with E-state index in [2.05, 4.69) is 9.71 Å². The van der Waals surface area contributed by atoms with Gasteiger partial charge >= 0.3 is 5.97 Å². The van der Waals surface area contributed by atoms with Crippen molar-refractivity contribution in [2.45, 2.75) is 25.3 Å². The predicted octanol–water partition coefficient (Wildman–Crippen LogP) is 0.423. The van der Waals surface area contributed by atoms with Crippen LogP contribution in [0.25, 0.3) is 0 Å². The average molecular weight is 316 g/mol. The lowest BCUT2D eigenvalue weighted by Crippen LogP contribution is -2.42. The van der Waals surface area contributed by atoms with Crippen molar-refractivity contribution < 1.29 is 23.1 Å². The maximum absolute atomic E-state index is 11.9. The summed E-state index contributed by atoms with van der Waals surface area (Å²) >= 11 is 0. The summed E-state index contributed by atoms with van der Waals surface area (Å²) in [7, 11) is -2.17. The smallest absolute Gasteiger partial charge is 0.321 e. The van der Waals surface area contributed by atoms with E-state index in [-0.39, 0.29) is 18.6 Å². The van der Waals surface area contributed by atoms with E-state index in [1.807, 2.05) is 0 Å². The first kappa shape index (κ1) is 17.5. The largest absolute Gasteiger partial charge is 0.480 e. The third-order valence-corrected chi connectivity index (χ3v) is 4.20. The summed E-state index contributed by atoms with van der Waals surface area (Å²) in [6, 6.07) is 4.11. The van der Waals surface area contributed by atoms with Crippen LogP contribution in [0.2, 0.25) is 0 Å². The van der Waals surface area contributed by atoms with E-state index < -0.39 is 22.0 Å². The Kier molecular flexibility index (Phi) is 7.27. The highest BCUT2D eigenvalue weighted by molar-refractivity contribution is 7.89. The number of hydrogen-bond acceptors (Lipinski definition) is 5. The van der Waals surface area contributed by atoms with Crippen LogP contribution in [-0.2, 0) is 26.0 Å². The third-order valence-electron chi connectivity index (χ3n) is 2.81. The van der Waals surface area contributed by atoms with Crippen molar-refractivity contribution in [3.05, 3.63) is 30.1 Å². The van der Waals surface area contributed by atoms with Crippen molar-refractivity contribution in [1.82, 2.24) is 9.71 Å². The summed E-state index contributed by atoms with van der Waals surface area (Å²) in [5.41, 5.74) is 0.647. The second-order valence-corrected chi connectivity index (χ2v) is 6.41. The number of aliphatic carboxylic acids is 1. The molecule has 0 aromatic carbocycles. The Hall–Kier alpha value is -1.51. The molecule has 1 unspecified atom stereocenters. The highest BCUT2D eigenvalue weighted by atomic mass is 32.2. The van der Waals surface area contributed by atoms with Crippen LogP contribution in [-0.4, -0.2) is 50.0 Å². The minimum atomic E-state index is -3.67. The zero-order valence-corrected chi connectivity index (χ0v) is 12.7. The Morgan fingerprint density at radius 1 is 1.48 bits per heavy atom. The van der Waals surface area contributed by atoms with E-state index in [1.165, 1.54) is 7.11 Å². The lowest BCUT2D eigenvalue weighted by Gasteiger charge is -2.14. The number of ether oxygens (including phenoxy) is 1. The number of carboxylic acids is 1. The molecule has 118 valence electrons. The summed E-state index contributed by atoms with van der Waals surface area (Å²) in [6.45, 7) is 0.388. The lowest BCUT2D eigenvalue weighted by molar-refractivity contribution is -0.139. The van der Waals surface area contributed by atoms with Gasteiger partial charge in [-0.3, -0.25) is 9.78 Å². The van der Waals surface area contributed by atoms with Crippen LogP contribution in [0.3, 0.4) is 0 Å². The molecule has 1 heterocycles. The van der Waals surface area contributed by atoms with Gasteiger partial charge in [0.15, 0.2) is 0 Å². The van der Waals surface area contributed by atoms with Crippen LogP contribution >= 0.6 is 0 Å². The number of carboxylic acid groups (broad SMARTS) is 1. The van der Waals surface area contributed by atoms with Gasteiger partial charge in [-0.15, -0.1) is 0 Å². The third kappa shape index (κ3) is 7.16. The molecule has 0 bridgehead atoms. The average Bonchev–Trinajstić information content (AvgIpc) is 2.45. The molecule has 0 aliphatic heterocycles. The van der Waals surface area contributed by atoms with Crippen molar-refractivity contribution in [3.8, 4) is 0 Å². The molecule has 7 nitrogen and oxygen atoms in total. The summed E-state index contributed by atoms with van der Waals surface area (Å²) in [5, 5.41) is 9.04. The lowest BCUT2D eigenvalue weighted by atomic mass is 10.2. The molecular formula is C13H20N2O5S. The molecule has 1 atom stereocenters. The fraction of sp³-hybridized carbons (Fsp3) is 0.538. The Balaban J connectivity index is 2.53. The van der Waals surface area contributed by atoms with E-state index in [0.29, 0.717) is 18.7 Å². The van der Waals surface area contributed by atoms with Gasteiger partial charge in [0, 0.05) is 32.0 Å². The number of aromatic nitrogens is 1. The van der Waals surface area contributed by atoms with E-state index in [4.69, 9.17) is 9.84 Å². The highest BCUT2D eigenvalue weighted by Crippen LogP contribution is 2.03. The fourth-order valence-corrected chi connectivity index (χ4v) is 2.97. The quantitative estimate of drug-likeness (QED) is 0.606. The van der Waals surface area contributed by atoms with Crippen molar-refractivity contribution in [2.24, 2.45) is 0 Å². The summed E-state index contributed by atoms with van der Waals surface area (Å²) < 4.78 is 30.9. The van der Waals surface area contributed by atoms with Gasteiger partial charge in [0.1, 0.15) is 6.04 Å². The highest BCUT2D eigenvalue weighted by Gasteiger charge is 2.23. The molecule has 0 aliphatic carbocycles. The maximum atomic E-state index is 11.9. The molecule has 0 saturated carbocycles. The molecule has 1 aromatic rings. The molecule has 0 aliphatic rings.